The van der Waals surface area contributed by atoms with E-state index in [0.717, 1.165) is 11.4 Å². The molecule has 1 aromatic carbocycles. The summed E-state index contributed by atoms with van der Waals surface area (Å²) >= 11 is 5.52. The lowest BCUT2D eigenvalue weighted by Crippen LogP contribution is -2.42. The van der Waals surface area contributed by atoms with Crippen molar-refractivity contribution in [3.63, 3.8) is 0 Å². The van der Waals surface area contributed by atoms with Crippen LogP contribution in [0.2, 0.25) is 0 Å². The highest BCUT2D eigenvalue weighted by Gasteiger charge is 2.23. The maximum atomic E-state index is 3.54. The summed E-state index contributed by atoms with van der Waals surface area (Å²) in [5.41, 5.74) is 0. The van der Waals surface area contributed by atoms with Gasteiger partial charge in [-0.1, -0.05) is 40.5 Å². The Balaban J connectivity index is 1.71. The van der Waals surface area contributed by atoms with Crippen molar-refractivity contribution in [3.8, 4) is 0 Å². The third-order valence-corrected chi connectivity index (χ3v) is 5.11. The van der Waals surface area contributed by atoms with Crippen molar-refractivity contribution < 1.29 is 0 Å². The SMILES string of the molecule is BrCCCN(CCSc1ccccc1)C1CCC1. The zero-order valence-corrected chi connectivity index (χ0v) is 13.3. The van der Waals surface area contributed by atoms with Crippen molar-refractivity contribution in [1.82, 2.24) is 4.90 Å². The molecule has 1 aliphatic rings. The van der Waals surface area contributed by atoms with E-state index in [0.29, 0.717) is 0 Å². The van der Waals surface area contributed by atoms with Gasteiger partial charge in [-0.2, -0.15) is 0 Å². The van der Waals surface area contributed by atoms with Gasteiger partial charge in [0.05, 0.1) is 0 Å². The van der Waals surface area contributed by atoms with Gasteiger partial charge in [-0.05, 0) is 37.9 Å². The van der Waals surface area contributed by atoms with Crippen LogP contribution in [-0.4, -0.2) is 35.1 Å². The molecule has 1 aliphatic carbocycles. The first-order chi connectivity index (χ1) is 8.90. The number of hydrogen-bond donors (Lipinski definition) is 0. The van der Waals surface area contributed by atoms with Crippen molar-refractivity contribution in [3.05, 3.63) is 30.3 Å². The summed E-state index contributed by atoms with van der Waals surface area (Å²) in [5, 5.41) is 1.13. The molecule has 0 N–H and O–H groups in total. The van der Waals surface area contributed by atoms with E-state index in [1.54, 1.807) is 0 Å². The summed E-state index contributed by atoms with van der Waals surface area (Å²) in [7, 11) is 0. The van der Waals surface area contributed by atoms with E-state index < -0.39 is 0 Å². The van der Waals surface area contributed by atoms with Crippen molar-refractivity contribution in [2.24, 2.45) is 0 Å². The summed E-state index contributed by atoms with van der Waals surface area (Å²) in [4.78, 5) is 4.09. The van der Waals surface area contributed by atoms with Gasteiger partial charge in [0.15, 0.2) is 0 Å². The van der Waals surface area contributed by atoms with Crippen LogP contribution in [0.15, 0.2) is 35.2 Å². The third kappa shape index (κ3) is 4.60. The standard InChI is InChI=1S/C15H22BrNS/c16-10-5-11-17(14-6-4-7-14)12-13-18-15-8-2-1-3-9-15/h1-3,8-9,14H,4-7,10-13H2. The molecule has 0 bridgehead atoms. The summed E-state index contributed by atoms with van der Waals surface area (Å²) in [6.45, 7) is 2.49. The smallest absolute Gasteiger partial charge is 0.0108 e. The molecule has 18 heavy (non-hydrogen) atoms. The Bertz CT molecular complexity index is 327. The van der Waals surface area contributed by atoms with E-state index in [1.165, 1.54) is 49.4 Å². The molecule has 0 heterocycles. The molecule has 0 amide bonds. The van der Waals surface area contributed by atoms with Crippen LogP contribution >= 0.6 is 27.7 Å². The number of benzene rings is 1. The summed E-state index contributed by atoms with van der Waals surface area (Å²) in [6, 6.07) is 11.6. The van der Waals surface area contributed by atoms with E-state index in [2.05, 4.69) is 51.2 Å². The first-order valence-corrected chi connectivity index (χ1v) is 8.98. The Hall–Kier alpha value is 0.0100. The summed E-state index contributed by atoms with van der Waals surface area (Å²) in [5.74, 6) is 1.21. The lowest BCUT2D eigenvalue weighted by molar-refractivity contribution is 0.136. The monoisotopic (exact) mass is 327 g/mol. The zero-order valence-electron chi connectivity index (χ0n) is 10.9. The summed E-state index contributed by atoms with van der Waals surface area (Å²) in [6.07, 6.45) is 5.53. The normalized spacial score (nSPS) is 15.9. The van der Waals surface area contributed by atoms with E-state index in [-0.39, 0.29) is 0 Å². The second-order valence-corrected chi connectivity index (χ2v) is 6.79. The summed E-state index contributed by atoms with van der Waals surface area (Å²) < 4.78 is 0. The number of rotatable bonds is 8. The lowest BCUT2D eigenvalue weighted by atomic mass is 9.91. The fourth-order valence-corrected chi connectivity index (χ4v) is 3.45. The molecule has 3 heteroatoms. The van der Waals surface area contributed by atoms with Crippen LogP contribution in [0.25, 0.3) is 0 Å². The number of halogens is 1. The molecule has 1 nitrogen and oxygen atoms in total. The Morgan fingerprint density at radius 2 is 1.94 bits per heavy atom. The lowest BCUT2D eigenvalue weighted by Gasteiger charge is -2.37. The predicted molar refractivity (Wildman–Crippen MR) is 84.8 cm³/mol. The highest BCUT2D eigenvalue weighted by atomic mass is 79.9. The van der Waals surface area contributed by atoms with E-state index in [9.17, 15) is 0 Å². The number of thioether (sulfide) groups is 1. The second kappa shape index (κ2) is 8.23. The molecule has 0 aliphatic heterocycles. The average Bonchev–Trinajstić information content (AvgIpc) is 2.35. The van der Waals surface area contributed by atoms with Crippen molar-refractivity contribution in [1.29, 1.82) is 0 Å². The quantitative estimate of drug-likeness (QED) is 0.513. The fourth-order valence-electron chi connectivity index (χ4n) is 2.29. The third-order valence-electron chi connectivity index (χ3n) is 3.56. The number of alkyl halides is 1. The molecule has 0 aromatic heterocycles. The maximum absolute atomic E-state index is 3.54. The largest absolute Gasteiger partial charge is 0.300 e. The predicted octanol–water partition coefficient (Wildman–Crippen LogP) is 4.42. The van der Waals surface area contributed by atoms with Crippen molar-refractivity contribution in [2.75, 3.05) is 24.2 Å². The van der Waals surface area contributed by atoms with Gasteiger partial charge in [-0.3, -0.25) is 4.90 Å². The Morgan fingerprint density at radius 3 is 2.56 bits per heavy atom. The van der Waals surface area contributed by atoms with Gasteiger partial charge in [0, 0.05) is 28.6 Å². The number of nitrogens with zero attached hydrogens (tertiary/aromatic N) is 1. The minimum Gasteiger partial charge on any atom is -0.300 e. The van der Waals surface area contributed by atoms with Gasteiger partial charge >= 0.3 is 0 Å². The van der Waals surface area contributed by atoms with Crippen LogP contribution < -0.4 is 0 Å². The molecule has 0 unspecified atom stereocenters. The van der Waals surface area contributed by atoms with Crippen LogP contribution in [-0.2, 0) is 0 Å². The Morgan fingerprint density at radius 1 is 1.17 bits per heavy atom. The highest BCUT2D eigenvalue weighted by molar-refractivity contribution is 9.09. The second-order valence-electron chi connectivity index (χ2n) is 4.82. The Kier molecular flexibility index (Phi) is 6.60. The van der Waals surface area contributed by atoms with E-state index in [1.807, 2.05) is 11.8 Å². The molecule has 0 spiro atoms. The molecule has 1 saturated carbocycles. The minimum atomic E-state index is 0.875. The van der Waals surface area contributed by atoms with E-state index in [4.69, 9.17) is 0 Å². The van der Waals surface area contributed by atoms with Crippen LogP contribution in [0, 0.1) is 0 Å². The van der Waals surface area contributed by atoms with Gasteiger partial charge in [-0.15, -0.1) is 11.8 Å². The van der Waals surface area contributed by atoms with Gasteiger partial charge in [0.2, 0.25) is 0 Å². The Labute approximate surface area is 123 Å². The van der Waals surface area contributed by atoms with Crippen LogP contribution in [0.1, 0.15) is 25.7 Å². The first kappa shape index (κ1) is 14.4. The van der Waals surface area contributed by atoms with Crippen LogP contribution in [0.5, 0.6) is 0 Å². The van der Waals surface area contributed by atoms with Gasteiger partial charge in [0.25, 0.3) is 0 Å². The van der Waals surface area contributed by atoms with E-state index >= 15 is 0 Å². The highest BCUT2D eigenvalue weighted by Crippen LogP contribution is 2.26. The van der Waals surface area contributed by atoms with Crippen LogP contribution in [0.3, 0.4) is 0 Å². The molecule has 0 atom stereocenters. The van der Waals surface area contributed by atoms with Gasteiger partial charge < -0.3 is 0 Å². The van der Waals surface area contributed by atoms with Crippen molar-refractivity contribution in [2.45, 2.75) is 36.6 Å². The molecule has 1 fully saturated rings. The molecule has 100 valence electrons. The molecule has 0 radical (unpaired) electrons. The molecule has 0 saturated heterocycles. The zero-order chi connectivity index (χ0) is 12.6. The first-order valence-electron chi connectivity index (χ1n) is 6.88. The topological polar surface area (TPSA) is 3.24 Å². The number of hydrogen-bond acceptors (Lipinski definition) is 2. The average molecular weight is 328 g/mol. The van der Waals surface area contributed by atoms with Crippen molar-refractivity contribution >= 4 is 27.7 Å². The van der Waals surface area contributed by atoms with Crippen LogP contribution in [0.4, 0.5) is 0 Å². The minimum absolute atomic E-state index is 0.875. The maximum Gasteiger partial charge on any atom is 0.0108 e. The fraction of sp³-hybridized carbons (Fsp3) is 0.600. The molecule has 2 rings (SSSR count). The molecular weight excluding hydrogens is 306 g/mol. The molecular formula is C15H22BrNS. The van der Waals surface area contributed by atoms with Gasteiger partial charge in [0.1, 0.15) is 0 Å². The van der Waals surface area contributed by atoms with Gasteiger partial charge in [-0.25, -0.2) is 0 Å². The molecule has 1 aromatic rings.